The van der Waals surface area contributed by atoms with Crippen LogP contribution in [-0.4, -0.2) is 19.1 Å². The van der Waals surface area contributed by atoms with Crippen LogP contribution in [-0.2, 0) is 13.1 Å². The Morgan fingerprint density at radius 1 is 0.840 bits per heavy atom. The highest BCUT2D eigenvalue weighted by molar-refractivity contribution is 5.69. The quantitative estimate of drug-likeness (QED) is 0.621. The lowest BCUT2D eigenvalue weighted by Crippen LogP contribution is -2.36. The molecule has 124 valence electrons. The monoisotopic (exact) mass is 332 g/mol. The number of benzene rings is 2. The number of fused-ring (bicyclic) bond motifs is 1. The van der Waals surface area contributed by atoms with Gasteiger partial charge in [-0.15, -0.1) is 0 Å². The van der Waals surface area contributed by atoms with Crippen LogP contribution in [0.15, 0.2) is 76.6 Å². The lowest BCUT2D eigenvalue weighted by Gasteiger charge is -2.07. The number of nitrogens with zero attached hydrogens (tertiary/aromatic N) is 3. The second-order valence-corrected chi connectivity index (χ2v) is 5.86. The SMILES string of the molecule is O=c1[nH]c2ncn(Cc3ccccc3)c2c(=O)n1Cc1ccccc1. The molecular formula is C19H16N4O2. The van der Waals surface area contributed by atoms with E-state index in [0.717, 1.165) is 11.1 Å². The predicted octanol–water partition coefficient (Wildman–Crippen LogP) is 1.98. The van der Waals surface area contributed by atoms with Gasteiger partial charge in [0, 0.05) is 6.54 Å². The lowest BCUT2D eigenvalue weighted by molar-refractivity contribution is 0.702. The van der Waals surface area contributed by atoms with E-state index in [2.05, 4.69) is 9.97 Å². The minimum absolute atomic E-state index is 0.224. The molecule has 0 spiro atoms. The van der Waals surface area contributed by atoms with Crippen LogP contribution in [0.3, 0.4) is 0 Å². The summed E-state index contributed by atoms with van der Waals surface area (Å²) in [6.45, 7) is 0.741. The molecule has 0 unspecified atom stereocenters. The van der Waals surface area contributed by atoms with Gasteiger partial charge in [0.05, 0.1) is 12.9 Å². The van der Waals surface area contributed by atoms with Gasteiger partial charge in [0.15, 0.2) is 11.2 Å². The van der Waals surface area contributed by atoms with Crippen LogP contribution in [0, 0.1) is 0 Å². The predicted molar refractivity (Wildman–Crippen MR) is 95.7 cm³/mol. The van der Waals surface area contributed by atoms with Gasteiger partial charge in [-0.2, -0.15) is 0 Å². The van der Waals surface area contributed by atoms with Crippen LogP contribution in [0.25, 0.3) is 11.2 Å². The first-order valence-corrected chi connectivity index (χ1v) is 7.98. The normalized spacial score (nSPS) is 11.0. The molecule has 1 N–H and O–H groups in total. The average Bonchev–Trinajstić information content (AvgIpc) is 3.03. The van der Waals surface area contributed by atoms with Gasteiger partial charge in [-0.3, -0.25) is 14.3 Å². The molecule has 2 heterocycles. The molecule has 0 saturated carbocycles. The fraction of sp³-hybridized carbons (Fsp3) is 0.105. The molecule has 6 nitrogen and oxygen atoms in total. The van der Waals surface area contributed by atoms with Gasteiger partial charge in [-0.25, -0.2) is 9.78 Å². The molecule has 6 heteroatoms. The highest BCUT2D eigenvalue weighted by Crippen LogP contribution is 2.08. The fourth-order valence-corrected chi connectivity index (χ4v) is 2.90. The molecule has 2 aromatic carbocycles. The Labute approximate surface area is 143 Å². The molecular weight excluding hydrogens is 316 g/mol. The Balaban J connectivity index is 1.81. The summed E-state index contributed by atoms with van der Waals surface area (Å²) in [5.41, 5.74) is 1.88. The third kappa shape index (κ3) is 2.89. The van der Waals surface area contributed by atoms with Gasteiger partial charge < -0.3 is 4.57 Å². The second-order valence-electron chi connectivity index (χ2n) is 5.86. The van der Waals surface area contributed by atoms with Crippen molar-refractivity contribution in [1.29, 1.82) is 0 Å². The van der Waals surface area contributed by atoms with Crippen LogP contribution in [0.2, 0.25) is 0 Å². The standard InChI is InChI=1S/C19H16N4O2/c24-18-16-17(20-13-22(16)11-14-7-3-1-4-8-14)21-19(25)23(18)12-15-9-5-2-6-10-15/h1-10,13H,11-12H2,(H,21,25). The molecule has 2 aromatic heterocycles. The van der Waals surface area contributed by atoms with Crippen molar-refractivity contribution in [3.63, 3.8) is 0 Å². The van der Waals surface area contributed by atoms with Crippen molar-refractivity contribution in [3.05, 3.63) is 99.0 Å². The fourth-order valence-electron chi connectivity index (χ4n) is 2.90. The van der Waals surface area contributed by atoms with E-state index >= 15 is 0 Å². The van der Waals surface area contributed by atoms with Gasteiger partial charge in [0.25, 0.3) is 5.56 Å². The maximum atomic E-state index is 12.9. The number of hydrogen-bond acceptors (Lipinski definition) is 3. The van der Waals surface area contributed by atoms with Crippen molar-refractivity contribution >= 4 is 11.2 Å². The Morgan fingerprint density at radius 3 is 2.08 bits per heavy atom. The Kier molecular flexibility index (Phi) is 3.78. The van der Waals surface area contributed by atoms with Crippen LogP contribution in [0.4, 0.5) is 0 Å². The largest absolute Gasteiger partial charge is 0.330 e. The first kappa shape index (κ1) is 15.1. The summed E-state index contributed by atoms with van der Waals surface area (Å²) in [4.78, 5) is 32.1. The van der Waals surface area contributed by atoms with E-state index in [1.807, 2.05) is 60.7 Å². The Morgan fingerprint density at radius 2 is 1.44 bits per heavy atom. The molecule has 25 heavy (non-hydrogen) atoms. The third-order valence-electron chi connectivity index (χ3n) is 4.14. The van der Waals surface area contributed by atoms with Crippen LogP contribution in [0.5, 0.6) is 0 Å². The molecule has 4 rings (SSSR count). The first-order chi connectivity index (χ1) is 12.2. The number of aromatic nitrogens is 4. The van der Waals surface area contributed by atoms with Crippen molar-refractivity contribution in [2.75, 3.05) is 0 Å². The van der Waals surface area contributed by atoms with Crippen molar-refractivity contribution < 1.29 is 0 Å². The molecule has 0 radical (unpaired) electrons. The average molecular weight is 332 g/mol. The molecule has 0 bridgehead atoms. The van der Waals surface area contributed by atoms with Crippen LogP contribution in [0.1, 0.15) is 11.1 Å². The van der Waals surface area contributed by atoms with E-state index in [-0.39, 0.29) is 12.1 Å². The van der Waals surface area contributed by atoms with Crippen molar-refractivity contribution in [1.82, 2.24) is 19.1 Å². The van der Waals surface area contributed by atoms with E-state index in [0.29, 0.717) is 17.7 Å². The Bertz CT molecular complexity index is 1130. The molecule has 0 atom stereocenters. The molecule has 0 aliphatic carbocycles. The zero-order valence-electron chi connectivity index (χ0n) is 13.4. The molecule has 4 aromatic rings. The van der Waals surface area contributed by atoms with Gasteiger partial charge in [-0.05, 0) is 11.1 Å². The number of imidazole rings is 1. The van der Waals surface area contributed by atoms with Crippen molar-refractivity contribution in [2.24, 2.45) is 0 Å². The van der Waals surface area contributed by atoms with Crippen molar-refractivity contribution in [2.45, 2.75) is 13.1 Å². The molecule has 0 amide bonds. The molecule has 0 saturated heterocycles. The molecule has 0 aliphatic heterocycles. The number of aromatic amines is 1. The summed E-state index contributed by atoms with van der Waals surface area (Å²) in [6, 6.07) is 19.2. The topological polar surface area (TPSA) is 72.7 Å². The van der Waals surface area contributed by atoms with E-state index in [1.54, 1.807) is 10.9 Å². The van der Waals surface area contributed by atoms with E-state index in [9.17, 15) is 9.59 Å². The van der Waals surface area contributed by atoms with Crippen LogP contribution < -0.4 is 11.2 Å². The zero-order chi connectivity index (χ0) is 17.2. The van der Waals surface area contributed by atoms with E-state index < -0.39 is 5.69 Å². The first-order valence-electron chi connectivity index (χ1n) is 7.98. The maximum Gasteiger partial charge on any atom is 0.330 e. The summed E-state index contributed by atoms with van der Waals surface area (Å²) >= 11 is 0. The maximum absolute atomic E-state index is 12.9. The minimum atomic E-state index is -0.452. The van der Waals surface area contributed by atoms with Gasteiger partial charge >= 0.3 is 5.69 Å². The number of nitrogens with one attached hydrogen (secondary N) is 1. The molecule has 0 aliphatic rings. The van der Waals surface area contributed by atoms with E-state index in [4.69, 9.17) is 0 Å². The summed E-state index contributed by atoms with van der Waals surface area (Å²) < 4.78 is 2.98. The van der Waals surface area contributed by atoms with Crippen molar-refractivity contribution in [3.8, 4) is 0 Å². The summed E-state index contributed by atoms with van der Waals surface area (Å²) in [7, 11) is 0. The number of hydrogen-bond donors (Lipinski definition) is 1. The van der Waals surface area contributed by atoms with Crippen LogP contribution >= 0.6 is 0 Å². The number of H-pyrrole nitrogens is 1. The summed E-state index contributed by atoms with van der Waals surface area (Å²) in [5.74, 6) is 0. The smallest absolute Gasteiger partial charge is 0.320 e. The second kappa shape index (κ2) is 6.24. The zero-order valence-corrected chi connectivity index (χ0v) is 13.4. The van der Waals surface area contributed by atoms with Gasteiger partial charge in [-0.1, -0.05) is 60.7 Å². The third-order valence-corrected chi connectivity index (χ3v) is 4.14. The molecule has 0 fully saturated rings. The minimum Gasteiger partial charge on any atom is -0.320 e. The summed E-state index contributed by atoms with van der Waals surface area (Å²) in [6.07, 6.45) is 1.59. The van der Waals surface area contributed by atoms with E-state index in [1.165, 1.54) is 4.57 Å². The summed E-state index contributed by atoms with van der Waals surface area (Å²) in [5, 5.41) is 0. The van der Waals surface area contributed by atoms with Gasteiger partial charge in [0.1, 0.15) is 0 Å². The van der Waals surface area contributed by atoms with Gasteiger partial charge in [0.2, 0.25) is 0 Å². The lowest BCUT2D eigenvalue weighted by atomic mass is 10.2. The highest BCUT2D eigenvalue weighted by Gasteiger charge is 2.13. The highest BCUT2D eigenvalue weighted by atomic mass is 16.2. The Hall–Kier alpha value is -3.41. The number of rotatable bonds is 4.